The number of imidazole rings is 1. The fourth-order valence-corrected chi connectivity index (χ4v) is 2.18. The summed E-state index contributed by atoms with van der Waals surface area (Å²) >= 11 is 1.43. The summed E-state index contributed by atoms with van der Waals surface area (Å²) in [4.78, 5) is 23.8. The Bertz CT molecular complexity index is 494. The van der Waals surface area contributed by atoms with Gasteiger partial charge < -0.3 is 15.0 Å². The van der Waals surface area contributed by atoms with Crippen LogP contribution >= 0.6 is 11.3 Å². The molecule has 17 heavy (non-hydrogen) atoms. The minimum absolute atomic E-state index is 0.0366. The van der Waals surface area contributed by atoms with Gasteiger partial charge in [-0.3, -0.25) is 4.79 Å². The van der Waals surface area contributed by atoms with Gasteiger partial charge in [-0.25, -0.2) is 9.97 Å². The van der Waals surface area contributed by atoms with Crippen LogP contribution in [0.4, 0.5) is 5.13 Å². The first-order chi connectivity index (χ1) is 8.15. The molecule has 0 bridgehead atoms. The summed E-state index contributed by atoms with van der Waals surface area (Å²) in [5.41, 5.74) is 0.587. The maximum Gasteiger partial charge on any atom is 0.309 e. The molecular formula is C10H12N4O2S. The van der Waals surface area contributed by atoms with E-state index in [-0.39, 0.29) is 6.42 Å². The molecule has 90 valence electrons. The minimum Gasteiger partial charge on any atom is -0.481 e. The second kappa shape index (κ2) is 4.96. The molecule has 0 radical (unpaired) electrons. The Morgan fingerprint density at radius 1 is 1.65 bits per heavy atom. The smallest absolute Gasteiger partial charge is 0.309 e. The van der Waals surface area contributed by atoms with Gasteiger partial charge in [0.1, 0.15) is 5.82 Å². The van der Waals surface area contributed by atoms with E-state index in [2.05, 4.69) is 15.0 Å². The summed E-state index contributed by atoms with van der Waals surface area (Å²) in [6, 6.07) is 0. The lowest BCUT2D eigenvalue weighted by Gasteiger charge is -2.13. The number of H-pyrrole nitrogens is 1. The predicted molar refractivity (Wildman–Crippen MR) is 64.1 cm³/mol. The first-order valence-electron chi connectivity index (χ1n) is 5.00. The summed E-state index contributed by atoms with van der Waals surface area (Å²) in [7, 11) is 1.89. The minimum atomic E-state index is -0.865. The van der Waals surface area contributed by atoms with Gasteiger partial charge in [0.15, 0.2) is 5.13 Å². The Morgan fingerprint density at radius 2 is 2.47 bits per heavy atom. The highest BCUT2D eigenvalue weighted by Gasteiger charge is 2.10. The van der Waals surface area contributed by atoms with E-state index < -0.39 is 5.97 Å². The quantitative estimate of drug-likeness (QED) is 0.833. The van der Waals surface area contributed by atoms with E-state index in [9.17, 15) is 4.79 Å². The number of aromatic nitrogens is 3. The molecular weight excluding hydrogens is 240 g/mol. The lowest BCUT2D eigenvalue weighted by atomic mass is 10.3. The summed E-state index contributed by atoms with van der Waals surface area (Å²) in [5, 5.41) is 11.2. The molecule has 0 atom stereocenters. The number of hydrogen-bond donors (Lipinski definition) is 2. The van der Waals surface area contributed by atoms with E-state index in [0.29, 0.717) is 12.2 Å². The standard InChI is InChI=1S/C10H12N4O2S/c1-14(5-8-11-2-3-12-8)10-13-7(6-17-10)4-9(15)16/h2-3,6H,4-5H2,1H3,(H,11,12)(H,15,16). The zero-order valence-electron chi connectivity index (χ0n) is 9.25. The molecule has 0 aliphatic carbocycles. The molecule has 2 N–H and O–H groups in total. The molecule has 0 aliphatic rings. The van der Waals surface area contributed by atoms with Gasteiger partial charge in [-0.05, 0) is 0 Å². The van der Waals surface area contributed by atoms with Crippen LogP contribution in [0.5, 0.6) is 0 Å². The number of carboxylic acids is 1. The fraction of sp³-hybridized carbons (Fsp3) is 0.300. The van der Waals surface area contributed by atoms with E-state index in [4.69, 9.17) is 5.11 Å². The van der Waals surface area contributed by atoms with Crippen molar-refractivity contribution in [1.82, 2.24) is 15.0 Å². The van der Waals surface area contributed by atoms with Crippen LogP contribution in [-0.2, 0) is 17.8 Å². The zero-order chi connectivity index (χ0) is 12.3. The van der Waals surface area contributed by atoms with Gasteiger partial charge in [0.05, 0.1) is 18.7 Å². The van der Waals surface area contributed by atoms with Crippen molar-refractivity contribution in [3.8, 4) is 0 Å². The molecule has 0 saturated carbocycles. The van der Waals surface area contributed by atoms with E-state index in [1.54, 1.807) is 17.8 Å². The second-order valence-corrected chi connectivity index (χ2v) is 4.42. The van der Waals surface area contributed by atoms with Crippen LogP contribution in [0.2, 0.25) is 0 Å². The monoisotopic (exact) mass is 252 g/mol. The largest absolute Gasteiger partial charge is 0.481 e. The van der Waals surface area contributed by atoms with Crippen molar-refractivity contribution in [2.75, 3.05) is 11.9 Å². The summed E-state index contributed by atoms with van der Waals surface area (Å²) < 4.78 is 0. The van der Waals surface area contributed by atoms with Crippen molar-refractivity contribution in [2.24, 2.45) is 0 Å². The van der Waals surface area contributed by atoms with Crippen LogP contribution in [0.25, 0.3) is 0 Å². The molecule has 0 spiro atoms. The zero-order valence-corrected chi connectivity index (χ0v) is 10.1. The average Bonchev–Trinajstić information content (AvgIpc) is 2.87. The number of nitrogens with one attached hydrogen (secondary N) is 1. The van der Waals surface area contributed by atoms with Crippen molar-refractivity contribution in [3.63, 3.8) is 0 Å². The van der Waals surface area contributed by atoms with Gasteiger partial charge in [0.2, 0.25) is 0 Å². The Morgan fingerprint density at radius 3 is 3.12 bits per heavy atom. The number of nitrogens with zero attached hydrogens (tertiary/aromatic N) is 3. The van der Waals surface area contributed by atoms with Crippen LogP contribution in [0.3, 0.4) is 0 Å². The molecule has 7 heteroatoms. The van der Waals surface area contributed by atoms with Crippen LogP contribution in [-0.4, -0.2) is 33.1 Å². The Balaban J connectivity index is 2.01. The van der Waals surface area contributed by atoms with Crippen LogP contribution in [0, 0.1) is 0 Å². The van der Waals surface area contributed by atoms with Gasteiger partial charge in [-0.1, -0.05) is 0 Å². The lowest BCUT2D eigenvalue weighted by molar-refractivity contribution is -0.136. The number of carbonyl (C=O) groups is 1. The number of aliphatic carboxylic acids is 1. The first kappa shape index (κ1) is 11.6. The maximum atomic E-state index is 10.5. The molecule has 0 amide bonds. The van der Waals surface area contributed by atoms with E-state index in [1.807, 2.05) is 11.9 Å². The van der Waals surface area contributed by atoms with E-state index in [0.717, 1.165) is 11.0 Å². The van der Waals surface area contributed by atoms with Crippen molar-refractivity contribution in [3.05, 3.63) is 29.3 Å². The topological polar surface area (TPSA) is 82.1 Å². The highest BCUT2D eigenvalue weighted by atomic mass is 32.1. The lowest BCUT2D eigenvalue weighted by Crippen LogP contribution is -2.17. The Labute approximate surface area is 102 Å². The molecule has 0 unspecified atom stereocenters. The van der Waals surface area contributed by atoms with Crippen LogP contribution in [0.15, 0.2) is 17.8 Å². The molecule has 2 aromatic rings. The van der Waals surface area contributed by atoms with Gasteiger partial charge in [0.25, 0.3) is 0 Å². The molecule has 0 saturated heterocycles. The SMILES string of the molecule is CN(Cc1ncc[nH]1)c1nc(CC(=O)O)cs1. The molecule has 2 rings (SSSR count). The molecule has 0 aromatic carbocycles. The fourth-order valence-electron chi connectivity index (χ4n) is 1.38. The van der Waals surface area contributed by atoms with Gasteiger partial charge >= 0.3 is 5.97 Å². The Hall–Kier alpha value is -1.89. The predicted octanol–water partition coefficient (Wildman–Crippen LogP) is 1.13. The highest BCUT2D eigenvalue weighted by Crippen LogP contribution is 2.20. The summed E-state index contributed by atoms with van der Waals surface area (Å²) in [6.45, 7) is 0.618. The number of anilines is 1. The van der Waals surface area contributed by atoms with Gasteiger partial charge in [-0.15, -0.1) is 11.3 Å². The van der Waals surface area contributed by atoms with Crippen molar-refractivity contribution < 1.29 is 9.90 Å². The molecule has 2 aromatic heterocycles. The summed E-state index contributed by atoms with van der Waals surface area (Å²) in [5.74, 6) is -0.0157. The Kier molecular flexibility index (Phi) is 3.38. The number of aromatic amines is 1. The highest BCUT2D eigenvalue weighted by molar-refractivity contribution is 7.13. The molecule has 0 fully saturated rings. The first-order valence-corrected chi connectivity index (χ1v) is 5.88. The van der Waals surface area contributed by atoms with Crippen molar-refractivity contribution in [2.45, 2.75) is 13.0 Å². The number of thiazole rings is 1. The van der Waals surface area contributed by atoms with E-state index in [1.165, 1.54) is 11.3 Å². The number of hydrogen-bond acceptors (Lipinski definition) is 5. The third-order valence-corrected chi connectivity index (χ3v) is 3.14. The third-order valence-electron chi connectivity index (χ3n) is 2.14. The van der Waals surface area contributed by atoms with E-state index >= 15 is 0 Å². The third kappa shape index (κ3) is 3.04. The number of rotatable bonds is 5. The van der Waals surface area contributed by atoms with Gasteiger partial charge in [0, 0.05) is 24.8 Å². The molecule has 6 nitrogen and oxygen atoms in total. The number of carboxylic acid groups (broad SMARTS) is 1. The normalized spacial score (nSPS) is 10.4. The second-order valence-electron chi connectivity index (χ2n) is 3.58. The van der Waals surface area contributed by atoms with Crippen LogP contribution < -0.4 is 4.90 Å². The molecule has 0 aliphatic heterocycles. The summed E-state index contributed by atoms with van der Waals surface area (Å²) in [6.07, 6.45) is 3.42. The van der Waals surface area contributed by atoms with Crippen molar-refractivity contribution >= 4 is 22.4 Å². The van der Waals surface area contributed by atoms with Crippen molar-refractivity contribution in [1.29, 1.82) is 0 Å². The van der Waals surface area contributed by atoms with Gasteiger partial charge in [-0.2, -0.15) is 0 Å². The van der Waals surface area contributed by atoms with Crippen LogP contribution in [0.1, 0.15) is 11.5 Å². The maximum absolute atomic E-state index is 10.5. The molecule has 2 heterocycles. The average molecular weight is 252 g/mol.